The molecule has 6 aromatic rings. The Morgan fingerprint density at radius 3 is 1.72 bits per heavy atom. The lowest BCUT2D eigenvalue weighted by molar-refractivity contribution is 0.483. The molecule has 8 rings (SSSR count). The first-order valence-corrected chi connectivity index (χ1v) is 19.2. The molecule has 2 aliphatic carbocycles. The van der Waals surface area contributed by atoms with E-state index in [-0.39, 0.29) is 16.4 Å². The highest BCUT2D eigenvalue weighted by molar-refractivity contribution is 7.85. The first kappa shape index (κ1) is 34.6. The van der Waals surface area contributed by atoms with Crippen molar-refractivity contribution in [3.63, 3.8) is 0 Å². The quantitative estimate of drug-likeness (QED) is 0.106. The van der Waals surface area contributed by atoms with E-state index in [1.807, 2.05) is 54.9 Å². The summed E-state index contributed by atoms with van der Waals surface area (Å²) < 4.78 is 69.1. The number of benzene rings is 4. The highest BCUT2D eigenvalue weighted by atomic mass is 32.2. The summed E-state index contributed by atoms with van der Waals surface area (Å²) in [5, 5.41) is 9.44. The number of hydrogen-bond acceptors (Lipinski definition) is 4. The van der Waals surface area contributed by atoms with Crippen LogP contribution in [0.5, 0.6) is 0 Å². The fourth-order valence-electron chi connectivity index (χ4n) is 7.43. The zero-order valence-electron chi connectivity index (χ0n) is 29.5. The van der Waals surface area contributed by atoms with Crippen LogP contribution in [0.1, 0.15) is 75.2 Å². The molecule has 10 heteroatoms. The van der Waals surface area contributed by atoms with E-state index < -0.39 is 15.9 Å². The summed E-state index contributed by atoms with van der Waals surface area (Å²) in [6.07, 6.45) is 5.29. The van der Waals surface area contributed by atoms with Crippen molar-refractivity contribution >= 4 is 21.8 Å². The van der Waals surface area contributed by atoms with Gasteiger partial charge in [-0.15, -0.1) is 0 Å². The third kappa shape index (κ3) is 6.80. The Morgan fingerprint density at radius 1 is 0.698 bits per heavy atom. The van der Waals surface area contributed by atoms with Gasteiger partial charge in [0.1, 0.15) is 23.0 Å². The molecule has 2 aliphatic rings. The van der Waals surface area contributed by atoms with Crippen molar-refractivity contribution in [1.82, 2.24) is 19.6 Å². The molecule has 0 atom stereocenters. The van der Waals surface area contributed by atoms with Crippen molar-refractivity contribution in [1.29, 1.82) is 0 Å². The SMILES string of the molecule is Cc1ccc(Cn2nc(C(F)=CCCCC=C(F)c3nn(Cc4ccc(C)cc4)c4c3Cc3ccc(S(=O)(=O)O)cc3-4)c3c2-c2ccccc2C3)cc1. The van der Waals surface area contributed by atoms with Gasteiger partial charge in [0.05, 0.1) is 29.4 Å². The summed E-state index contributed by atoms with van der Waals surface area (Å²) >= 11 is 0. The number of unbranched alkanes of at least 4 members (excludes halogenated alkanes) is 2. The van der Waals surface area contributed by atoms with Crippen LogP contribution in [0.4, 0.5) is 8.78 Å². The van der Waals surface area contributed by atoms with Crippen LogP contribution in [-0.2, 0) is 36.0 Å². The number of halogens is 2. The van der Waals surface area contributed by atoms with Crippen LogP contribution < -0.4 is 0 Å². The lowest BCUT2D eigenvalue weighted by Crippen LogP contribution is -2.05. The summed E-state index contributed by atoms with van der Waals surface area (Å²) in [4.78, 5) is -0.224. The Bertz CT molecular complexity index is 2550. The summed E-state index contributed by atoms with van der Waals surface area (Å²) in [7, 11) is -4.43. The molecule has 4 aromatic carbocycles. The molecule has 0 aliphatic heterocycles. The average molecular weight is 729 g/mol. The number of fused-ring (bicyclic) bond motifs is 6. The van der Waals surface area contributed by atoms with Crippen LogP contribution in [0.15, 0.2) is 108 Å². The van der Waals surface area contributed by atoms with E-state index >= 15 is 8.78 Å². The van der Waals surface area contributed by atoms with Gasteiger partial charge in [-0.25, -0.2) is 8.78 Å². The summed E-state index contributed by atoms with van der Waals surface area (Å²) in [6, 6.07) is 28.8. The van der Waals surface area contributed by atoms with Crippen molar-refractivity contribution < 1.29 is 21.8 Å². The van der Waals surface area contributed by atoms with Crippen LogP contribution in [0.25, 0.3) is 34.2 Å². The fraction of sp³-hybridized carbons (Fsp3) is 0.209. The Kier molecular flexibility index (Phi) is 9.04. The van der Waals surface area contributed by atoms with Crippen LogP contribution in [0.2, 0.25) is 0 Å². The molecule has 1 N–H and O–H groups in total. The maximum Gasteiger partial charge on any atom is 0.294 e. The van der Waals surface area contributed by atoms with E-state index in [0.29, 0.717) is 67.7 Å². The van der Waals surface area contributed by atoms with Gasteiger partial charge in [-0.05, 0) is 79.6 Å². The molecule has 0 saturated carbocycles. The Hall–Kier alpha value is -5.45. The topological polar surface area (TPSA) is 90.0 Å². The van der Waals surface area contributed by atoms with Crippen LogP contribution >= 0.6 is 0 Å². The third-order valence-corrected chi connectivity index (χ3v) is 11.0. The second kappa shape index (κ2) is 13.8. The Labute approximate surface area is 307 Å². The van der Waals surface area contributed by atoms with E-state index in [2.05, 4.69) is 41.5 Å². The lowest BCUT2D eigenvalue weighted by atomic mass is 10.1. The number of hydrogen-bond donors (Lipinski definition) is 1. The minimum Gasteiger partial charge on any atom is -0.282 e. The maximum absolute atomic E-state index is 16.0. The molecule has 2 aromatic heterocycles. The molecule has 0 unspecified atom stereocenters. The monoisotopic (exact) mass is 728 g/mol. The summed E-state index contributed by atoms with van der Waals surface area (Å²) in [6.45, 7) is 4.93. The molecule has 0 fully saturated rings. The van der Waals surface area contributed by atoms with Crippen LogP contribution in [-0.4, -0.2) is 32.5 Å². The minimum atomic E-state index is -4.43. The van der Waals surface area contributed by atoms with Gasteiger partial charge in [0.2, 0.25) is 0 Å². The van der Waals surface area contributed by atoms with E-state index in [4.69, 9.17) is 5.10 Å². The molecule has 0 amide bonds. The molecule has 0 bridgehead atoms. The summed E-state index contributed by atoms with van der Waals surface area (Å²) in [5.74, 6) is -0.863. The molecule has 53 heavy (non-hydrogen) atoms. The summed E-state index contributed by atoms with van der Waals surface area (Å²) in [5.41, 5.74) is 11.7. The predicted octanol–water partition coefficient (Wildman–Crippen LogP) is 9.67. The first-order chi connectivity index (χ1) is 25.5. The predicted molar refractivity (Wildman–Crippen MR) is 203 cm³/mol. The van der Waals surface area contributed by atoms with Crippen molar-refractivity contribution in [3.05, 3.63) is 159 Å². The molecular formula is C43H38F2N4O3S. The fourth-order valence-corrected chi connectivity index (χ4v) is 7.93. The van der Waals surface area contributed by atoms with Crippen molar-refractivity contribution in [2.24, 2.45) is 0 Å². The van der Waals surface area contributed by atoms with Crippen LogP contribution in [0, 0.1) is 13.8 Å². The van der Waals surface area contributed by atoms with E-state index in [0.717, 1.165) is 44.6 Å². The maximum atomic E-state index is 16.0. The normalized spacial score (nSPS) is 13.6. The average Bonchev–Trinajstić information content (AvgIpc) is 3.89. The number of allylic oxidation sites excluding steroid dienone is 2. The third-order valence-electron chi connectivity index (χ3n) is 10.2. The Balaban J connectivity index is 1.02. The highest BCUT2D eigenvalue weighted by Crippen LogP contribution is 2.43. The number of aryl methyl sites for hydroxylation is 2. The van der Waals surface area contributed by atoms with Gasteiger partial charge in [0.15, 0.2) is 0 Å². The zero-order chi connectivity index (χ0) is 36.9. The van der Waals surface area contributed by atoms with Gasteiger partial charge in [0.25, 0.3) is 10.1 Å². The molecule has 268 valence electrons. The van der Waals surface area contributed by atoms with Gasteiger partial charge in [-0.2, -0.15) is 18.6 Å². The van der Waals surface area contributed by atoms with Gasteiger partial charge in [0, 0.05) is 35.1 Å². The standard InChI is InChI=1S/C43H38F2N4O3S/c1-27-12-16-29(17-13-27)25-48-42-34-9-7-6-8-31(34)22-36(42)40(46-48)38(44)10-4-3-5-11-39(45)41-37-23-32-20-21-33(53(50,51)52)24-35(32)43(37)49(47-41)26-30-18-14-28(2)15-19-30/h6-21,24H,3-5,22-23,25-26H2,1-2H3,(H,50,51,52). The van der Waals surface area contributed by atoms with Crippen molar-refractivity contribution in [3.8, 4) is 22.5 Å². The molecule has 2 heterocycles. The number of rotatable bonds is 11. The zero-order valence-corrected chi connectivity index (χ0v) is 30.3. The van der Waals surface area contributed by atoms with E-state index in [1.165, 1.54) is 23.8 Å². The van der Waals surface area contributed by atoms with Gasteiger partial charge < -0.3 is 0 Å². The van der Waals surface area contributed by atoms with E-state index in [9.17, 15) is 13.0 Å². The number of aromatic nitrogens is 4. The van der Waals surface area contributed by atoms with Gasteiger partial charge in [-0.3, -0.25) is 13.9 Å². The van der Waals surface area contributed by atoms with Gasteiger partial charge >= 0.3 is 0 Å². The Morgan fingerprint density at radius 2 is 1.19 bits per heavy atom. The molecule has 0 saturated heterocycles. The largest absolute Gasteiger partial charge is 0.294 e. The number of nitrogens with zero attached hydrogens (tertiary/aromatic N) is 4. The van der Waals surface area contributed by atoms with Crippen molar-refractivity contribution in [2.75, 3.05) is 0 Å². The molecule has 7 nitrogen and oxygen atoms in total. The first-order valence-electron chi connectivity index (χ1n) is 17.7. The smallest absolute Gasteiger partial charge is 0.282 e. The van der Waals surface area contributed by atoms with Gasteiger partial charge in [-0.1, -0.05) is 90.0 Å². The molecular weight excluding hydrogens is 691 g/mol. The second-order valence-corrected chi connectivity index (χ2v) is 15.4. The minimum absolute atomic E-state index is 0.202. The van der Waals surface area contributed by atoms with Crippen molar-refractivity contribution in [2.45, 2.75) is 63.9 Å². The lowest BCUT2D eigenvalue weighted by Gasteiger charge is -2.09. The second-order valence-electron chi connectivity index (χ2n) is 14.0. The van der Waals surface area contributed by atoms with Crippen LogP contribution in [0.3, 0.4) is 0 Å². The van der Waals surface area contributed by atoms with E-state index in [1.54, 1.807) is 16.8 Å². The highest BCUT2D eigenvalue weighted by Gasteiger charge is 2.31. The molecule has 0 radical (unpaired) electrons. The molecule has 0 spiro atoms.